The van der Waals surface area contributed by atoms with E-state index in [4.69, 9.17) is 0 Å². The Bertz CT molecular complexity index is 394. The van der Waals surface area contributed by atoms with Gasteiger partial charge in [-0.2, -0.15) is 0 Å². The molecule has 2 rings (SSSR count). The summed E-state index contributed by atoms with van der Waals surface area (Å²) in [6.45, 7) is 0. The lowest BCUT2D eigenvalue weighted by molar-refractivity contribution is 1.11. The molecule has 0 bridgehead atoms. The van der Waals surface area contributed by atoms with Crippen LogP contribution >= 0.6 is 45.2 Å². The highest BCUT2D eigenvalue weighted by Gasteiger charge is 1.99. The first kappa shape index (κ1) is 7.78. The topological polar surface area (TPSA) is 17.3 Å². The third-order valence-electron chi connectivity index (χ3n) is 1.43. The zero-order valence-electron chi connectivity index (χ0n) is 5.46. The average Bonchev–Trinajstić information content (AvgIpc) is 2.33. The highest BCUT2D eigenvalue weighted by molar-refractivity contribution is 14.1. The highest BCUT2D eigenvalue weighted by atomic mass is 127. The monoisotopic (exact) mass is 370 g/mol. The van der Waals surface area contributed by atoms with E-state index < -0.39 is 0 Å². The van der Waals surface area contributed by atoms with Gasteiger partial charge in [-0.25, -0.2) is 4.98 Å². The molecule has 0 aliphatic heterocycles. The molecule has 0 N–H and O–H groups in total. The fourth-order valence-electron chi connectivity index (χ4n) is 0.926. The van der Waals surface area contributed by atoms with Crippen LogP contribution in [0.15, 0.2) is 24.5 Å². The van der Waals surface area contributed by atoms with Gasteiger partial charge < -0.3 is 4.40 Å². The van der Waals surface area contributed by atoms with E-state index in [2.05, 4.69) is 56.2 Å². The minimum atomic E-state index is 1.03. The normalized spacial score (nSPS) is 10.7. The van der Waals surface area contributed by atoms with Gasteiger partial charge in [0, 0.05) is 12.4 Å². The van der Waals surface area contributed by atoms with Crippen LogP contribution in [0.25, 0.3) is 5.65 Å². The summed E-state index contributed by atoms with van der Waals surface area (Å²) < 4.78 is 4.25. The standard InChI is InChI=1S/C7H4I2N2/c8-5-1-3-11-4-2-6(9)10-7(5)11/h1-4H. The van der Waals surface area contributed by atoms with E-state index in [-0.39, 0.29) is 0 Å². The lowest BCUT2D eigenvalue weighted by atomic mass is 10.6. The van der Waals surface area contributed by atoms with Crippen LogP contribution in [-0.2, 0) is 0 Å². The Morgan fingerprint density at radius 3 is 2.73 bits per heavy atom. The smallest absolute Gasteiger partial charge is 0.151 e. The number of hydrogen-bond donors (Lipinski definition) is 0. The molecular weight excluding hydrogens is 366 g/mol. The maximum atomic E-state index is 4.38. The van der Waals surface area contributed by atoms with Crippen molar-refractivity contribution < 1.29 is 0 Å². The fourth-order valence-corrected chi connectivity index (χ4v) is 1.88. The van der Waals surface area contributed by atoms with Gasteiger partial charge in [0.1, 0.15) is 3.70 Å². The van der Waals surface area contributed by atoms with Crippen LogP contribution in [0.5, 0.6) is 0 Å². The van der Waals surface area contributed by atoms with Crippen LogP contribution < -0.4 is 0 Å². The number of aromatic nitrogens is 2. The van der Waals surface area contributed by atoms with Crippen molar-refractivity contribution in [3.63, 3.8) is 0 Å². The minimum absolute atomic E-state index is 1.03. The van der Waals surface area contributed by atoms with E-state index in [0.717, 1.165) is 9.35 Å². The van der Waals surface area contributed by atoms with Crippen LogP contribution in [0.2, 0.25) is 0 Å². The third kappa shape index (κ3) is 1.37. The quantitative estimate of drug-likeness (QED) is 0.515. The Morgan fingerprint density at radius 1 is 1.18 bits per heavy atom. The van der Waals surface area contributed by atoms with Crippen molar-refractivity contribution >= 4 is 50.8 Å². The van der Waals surface area contributed by atoms with Gasteiger partial charge in [0.25, 0.3) is 0 Å². The van der Waals surface area contributed by atoms with Gasteiger partial charge in [0.05, 0.1) is 3.57 Å². The molecule has 56 valence electrons. The molecule has 0 spiro atoms. The van der Waals surface area contributed by atoms with Crippen LogP contribution in [0.4, 0.5) is 0 Å². The van der Waals surface area contributed by atoms with Gasteiger partial charge in [0.15, 0.2) is 5.65 Å². The number of rotatable bonds is 0. The second-order valence-corrected chi connectivity index (χ2v) is 4.41. The molecule has 0 saturated carbocycles. The Balaban J connectivity index is 2.87. The number of halogens is 2. The predicted octanol–water partition coefficient (Wildman–Crippen LogP) is 2.54. The molecule has 0 aliphatic rings. The summed E-state index contributed by atoms with van der Waals surface area (Å²) in [6, 6.07) is 4.04. The molecule has 0 fully saturated rings. The van der Waals surface area contributed by atoms with Crippen molar-refractivity contribution in [2.75, 3.05) is 0 Å². The number of fused-ring (bicyclic) bond motifs is 1. The van der Waals surface area contributed by atoms with Gasteiger partial charge >= 0.3 is 0 Å². The molecule has 4 heteroatoms. The van der Waals surface area contributed by atoms with Gasteiger partial charge in [-0.15, -0.1) is 0 Å². The molecule has 2 aromatic heterocycles. The van der Waals surface area contributed by atoms with Gasteiger partial charge in [-0.3, -0.25) is 0 Å². The summed E-state index contributed by atoms with van der Waals surface area (Å²) in [5.41, 5.74) is 1.04. The van der Waals surface area contributed by atoms with Crippen molar-refractivity contribution in [3.8, 4) is 0 Å². The third-order valence-corrected chi connectivity index (χ3v) is 2.87. The maximum Gasteiger partial charge on any atom is 0.151 e. The van der Waals surface area contributed by atoms with Crippen molar-refractivity contribution in [2.45, 2.75) is 0 Å². The predicted molar refractivity (Wildman–Crippen MR) is 60.6 cm³/mol. The first-order valence-corrected chi connectivity index (χ1v) is 5.22. The second kappa shape index (κ2) is 2.89. The zero-order chi connectivity index (χ0) is 7.84. The summed E-state index contributed by atoms with van der Waals surface area (Å²) in [4.78, 5) is 4.38. The first-order valence-electron chi connectivity index (χ1n) is 3.06. The van der Waals surface area contributed by atoms with Crippen molar-refractivity contribution in [2.24, 2.45) is 0 Å². The molecule has 0 amide bonds. The molecule has 2 aromatic rings. The zero-order valence-corrected chi connectivity index (χ0v) is 9.77. The Morgan fingerprint density at radius 2 is 1.91 bits per heavy atom. The molecule has 0 aromatic carbocycles. The molecule has 0 radical (unpaired) electrons. The van der Waals surface area contributed by atoms with E-state index in [1.54, 1.807) is 0 Å². The lowest BCUT2D eigenvalue weighted by Gasteiger charge is -1.93. The Labute approximate surface area is 91.3 Å². The SMILES string of the molecule is Ic1ccn2ccc(I)c2n1. The largest absolute Gasteiger partial charge is 0.308 e. The van der Waals surface area contributed by atoms with Crippen LogP contribution in [0, 0.1) is 7.27 Å². The molecule has 0 aliphatic carbocycles. The van der Waals surface area contributed by atoms with Crippen LogP contribution in [0.1, 0.15) is 0 Å². The summed E-state index contributed by atoms with van der Waals surface area (Å²) in [7, 11) is 0. The molecule has 0 atom stereocenters. The fraction of sp³-hybridized carbons (Fsp3) is 0. The minimum Gasteiger partial charge on any atom is -0.308 e. The maximum absolute atomic E-state index is 4.38. The van der Waals surface area contributed by atoms with E-state index in [0.29, 0.717) is 0 Å². The van der Waals surface area contributed by atoms with Gasteiger partial charge in [-0.1, -0.05) is 0 Å². The van der Waals surface area contributed by atoms with Gasteiger partial charge in [0.2, 0.25) is 0 Å². The number of hydrogen-bond acceptors (Lipinski definition) is 1. The summed E-state index contributed by atoms with van der Waals surface area (Å²) in [5, 5.41) is 0. The molecule has 0 unspecified atom stereocenters. The first-order chi connectivity index (χ1) is 5.27. The van der Waals surface area contributed by atoms with E-state index in [1.807, 2.05) is 22.9 Å². The Hall–Kier alpha value is 0.150. The Kier molecular flexibility index (Phi) is 2.04. The van der Waals surface area contributed by atoms with Crippen molar-refractivity contribution in [1.82, 2.24) is 9.38 Å². The molecule has 2 nitrogen and oxygen atoms in total. The average molecular weight is 370 g/mol. The van der Waals surface area contributed by atoms with E-state index in [1.165, 1.54) is 3.57 Å². The molecule has 2 heterocycles. The van der Waals surface area contributed by atoms with Crippen LogP contribution in [-0.4, -0.2) is 9.38 Å². The molecule has 11 heavy (non-hydrogen) atoms. The van der Waals surface area contributed by atoms with Crippen molar-refractivity contribution in [1.29, 1.82) is 0 Å². The van der Waals surface area contributed by atoms with E-state index in [9.17, 15) is 0 Å². The van der Waals surface area contributed by atoms with Crippen LogP contribution in [0.3, 0.4) is 0 Å². The summed E-state index contributed by atoms with van der Waals surface area (Å²) in [6.07, 6.45) is 4.03. The molecule has 0 saturated heterocycles. The highest BCUT2D eigenvalue weighted by Crippen LogP contribution is 2.13. The molecular formula is C7H4I2N2. The lowest BCUT2D eigenvalue weighted by Crippen LogP contribution is -1.88. The number of nitrogens with zero attached hydrogens (tertiary/aromatic N) is 2. The van der Waals surface area contributed by atoms with Crippen molar-refractivity contribution in [3.05, 3.63) is 31.8 Å². The summed E-state index contributed by atoms with van der Waals surface area (Å²) >= 11 is 4.50. The van der Waals surface area contributed by atoms with E-state index >= 15 is 0 Å². The second-order valence-electron chi connectivity index (χ2n) is 2.14. The van der Waals surface area contributed by atoms with Gasteiger partial charge in [-0.05, 0) is 57.3 Å². The summed E-state index contributed by atoms with van der Waals surface area (Å²) in [5.74, 6) is 0.